The van der Waals surface area contributed by atoms with Crippen molar-refractivity contribution in [1.29, 1.82) is 0 Å². The van der Waals surface area contributed by atoms with E-state index in [1.54, 1.807) is 6.33 Å². The lowest BCUT2D eigenvalue weighted by molar-refractivity contribution is 0.130. The van der Waals surface area contributed by atoms with Gasteiger partial charge in [0.05, 0.1) is 12.6 Å². The van der Waals surface area contributed by atoms with E-state index in [1.165, 1.54) is 29.5 Å². The van der Waals surface area contributed by atoms with E-state index in [4.69, 9.17) is 0 Å². The molecular weight excluding hydrogens is 320 g/mol. The molecule has 4 rings (SSSR count). The van der Waals surface area contributed by atoms with E-state index >= 15 is 0 Å². The van der Waals surface area contributed by atoms with Gasteiger partial charge in [0.2, 0.25) is 0 Å². The van der Waals surface area contributed by atoms with Crippen molar-refractivity contribution in [1.82, 2.24) is 19.7 Å². The molecule has 134 valence electrons. The maximum Gasteiger partial charge on any atom is 0.144 e. The fraction of sp³-hybridized carbons (Fsp3) is 0.364. The molecule has 0 aliphatic carbocycles. The Morgan fingerprint density at radius 3 is 2.50 bits per heavy atom. The summed E-state index contributed by atoms with van der Waals surface area (Å²) < 4.78 is 2.08. The summed E-state index contributed by atoms with van der Waals surface area (Å²) in [5.74, 6) is 1.10. The fourth-order valence-corrected chi connectivity index (χ4v) is 3.81. The lowest BCUT2D eigenvalue weighted by atomic mass is 10.00. The van der Waals surface area contributed by atoms with Crippen LogP contribution in [0.3, 0.4) is 0 Å². The maximum absolute atomic E-state index is 4.66. The second-order valence-corrected chi connectivity index (χ2v) is 7.23. The van der Waals surface area contributed by atoms with Crippen molar-refractivity contribution in [3.63, 3.8) is 0 Å². The van der Waals surface area contributed by atoms with Crippen LogP contribution in [0.4, 0.5) is 0 Å². The molecule has 0 spiro atoms. The van der Waals surface area contributed by atoms with Crippen molar-refractivity contribution in [3.8, 4) is 0 Å². The highest BCUT2D eigenvalue weighted by Crippen LogP contribution is 2.31. The van der Waals surface area contributed by atoms with Crippen LogP contribution >= 0.6 is 0 Å². The molecule has 3 aromatic rings. The van der Waals surface area contributed by atoms with Gasteiger partial charge in [0, 0.05) is 6.54 Å². The van der Waals surface area contributed by atoms with Crippen LogP contribution in [0.15, 0.2) is 60.9 Å². The topological polar surface area (TPSA) is 34.0 Å². The number of piperidine rings is 1. The number of aromatic nitrogens is 3. The molecule has 26 heavy (non-hydrogen) atoms. The van der Waals surface area contributed by atoms with Crippen molar-refractivity contribution in [2.24, 2.45) is 0 Å². The average molecular weight is 346 g/mol. The normalized spacial score (nSPS) is 18.1. The summed E-state index contributed by atoms with van der Waals surface area (Å²) in [6, 6.07) is 19.8. The predicted molar refractivity (Wildman–Crippen MR) is 104 cm³/mol. The minimum absolute atomic E-state index is 0.344. The Balaban J connectivity index is 1.55. The Bertz CT molecular complexity index is 823. The number of nitrogens with zero attached hydrogens (tertiary/aromatic N) is 4. The van der Waals surface area contributed by atoms with Crippen LogP contribution in [0, 0.1) is 6.92 Å². The number of rotatable bonds is 5. The molecule has 0 N–H and O–H groups in total. The highest BCUT2D eigenvalue weighted by Gasteiger charge is 2.28. The van der Waals surface area contributed by atoms with Crippen LogP contribution in [0.2, 0.25) is 0 Å². The van der Waals surface area contributed by atoms with Crippen molar-refractivity contribution >= 4 is 0 Å². The van der Waals surface area contributed by atoms with Crippen LogP contribution in [0.5, 0.6) is 0 Å². The molecule has 1 unspecified atom stereocenters. The first kappa shape index (κ1) is 17.0. The first-order chi connectivity index (χ1) is 12.8. The summed E-state index contributed by atoms with van der Waals surface area (Å²) in [4.78, 5) is 7.22. The fourth-order valence-electron chi connectivity index (χ4n) is 3.81. The Kier molecular flexibility index (Phi) is 5.12. The second kappa shape index (κ2) is 7.83. The Morgan fingerprint density at radius 1 is 0.923 bits per heavy atom. The second-order valence-electron chi connectivity index (χ2n) is 7.23. The average Bonchev–Trinajstić information content (AvgIpc) is 3.13. The minimum Gasteiger partial charge on any atom is -0.289 e. The van der Waals surface area contributed by atoms with Crippen LogP contribution in [0.1, 0.15) is 47.8 Å². The van der Waals surface area contributed by atoms with E-state index in [0.717, 1.165) is 31.9 Å². The Morgan fingerprint density at radius 2 is 1.69 bits per heavy atom. The molecule has 2 heterocycles. The van der Waals surface area contributed by atoms with Gasteiger partial charge in [-0.25, -0.2) is 9.67 Å². The summed E-state index contributed by atoms with van der Waals surface area (Å²) in [5.41, 5.74) is 3.92. The van der Waals surface area contributed by atoms with Gasteiger partial charge in [-0.15, -0.1) is 0 Å². The van der Waals surface area contributed by atoms with Crippen molar-refractivity contribution in [2.75, 3.05) is 6.54 Å². The van der Waals surface area contributed by atoms with E-state index in [9.17, 15) is 0 Å². The summed E-state index contributed by atoms with van der Waals surface area (Å²) in [6.45, 7) is 5.00. The minimum atomic E-state index is 0.344. The van der Waals surface area contributed by atoms with Crippen LogP contribution < -0.4 is 0 Å². The van der Waals surface area contributed by atoms with Crippen LogP contribution in [-0.4, -0.2) is 26.2 Å². The third-order valence-corrected chi connectivity index (χ3v) is 5.24. The Labute approximate surface area is 155 Å². The van der Waals surface area contributed by atoms with Crippen molar-refractivity contribution in [2.45, 2.75) is 45.3 Å². The molecule has 1 aliphatic heterocycles. The number of hydrogen-bond donors (Lipinski definition) is 0. The molecule has 1 fully saturated rings. The first-order valence-corrected chi connectivity index (χ1v) is 9.51. The monoisotopic (exact) mass is 346 g/mol. The molecule has 0 bridgehead atoms. The third kappa shape index (κ3) is 3.86. The van der Waals surface area contributed by atoms with Crippen molar-refractivity contribution < 1.29 is 0 Å². The highest BCUT2D eigenvalue weighted by molar-refractivity contribution is 5.22. The number of hydrogen-bond acceptors (Lipinski definition) is 3. The van der Waals surface area contributed by atoms with Crippen LogP contribution in [0.25, 0.3) is 0 Å². The highest BCUT2D eigenvalue weighted by atomic mass is 15.4. The summed E-state index contributed by atoms with van der Waals surface area (Å²) in [5, 5.41) is 4.53. The largest absolute Gasteiger partial charge is 0.289 e. The van der Waals surface area contributed by atoms with E-state index in [0.29, 0.717) is 6.04 Å². The standard InChI is InChI=1S/C22H26N4/c1-18-10-12-20(13-11-18)16-26-22(23-17-24-26)21-9-5-6-14-25(21)15-19-7-3-2-4-8-19/h2-4,7-8,10-13,17,21H,5-6,9,14-16H2,1H3. The maximum atomic E-state index is 4.66. The predicted octanol–water partition coefficient (Wildman–Crippen LogP) is 4.36. The quantitative estimate of drug-likeness (QED) is 0.688. The van der Waals surface area contributed by atoms with Gasteiger partial charge in [-0.05, 0) is 37.4 Å². The van der Waals surface area contributed by atoms with E-state index in [1.807, 2.05) is 0 Å². The SMILES string of the molecule is Cc1ccc(Cn2ncnc2C2CCCCN2Cc2ccccc2)cc1. The molecule has 1 atom stereocenters. The van der Waals surface area contributed by atoms with Gasteiger partial charge in [-0.2, -0.15) is 5.10 Å². The van der Waals surface area contributed by atoms with Gasteiger partial charge in [0.25, 0.3) is 0 Å². The smallest absolute Gasteiger partial charge is 0.144 e. The zero-order chi connectivity index (χ0) is 17.8. The lowest BCUT2D eigenvalue weighted by Crippen LogP contribution is -2.34. The number of aryl methyl sites for hydroxylation is 1. The number of likely N-dealkylation sites (tertiary alicyclic amines) is 1. The first-order valence-electron chi connectivity index (χ1n) is 9.51. The Hall–Kier alpha value is -2.46. The summed E-state index contributed by atoms with van der Waals surface area (Å²) in [7, 11) is 0. The lowest BCUT2D eigenvalue weighted by Gasteiger charge is -2.35. The summed E-state index contributed by atoms with van der Waals surface area (Å²) in [6.07, 6.45) is 5.38. The molecule has 2 aromatic carbocycles. The zero-order valence-corrected chi connectivity index (χ0v) is 15.4. The van der Waals surface area contributed by atoms with Gasteiger partial charge in [-0.1, -0.05) is 66.6 Å². The van der Waals surface area contributed by atoms with Gasteiger partial charge < -0.3 is 0 Å². The molecule has 0 radical (unpaired) electrons. The molecule has 0 amide bonds. The van der Waals surface area contributed by atoms with Gasteiger partial charge >= 0.3 is 0 Å². The van der Waals surface area contributed by atoms with Crippen LogP contribution in [-0.2, 0) is 13.1 Å². The molecule has 0 saturated carbocycles. The molecule has 1 aromatic heterocycles. The van der Waals surface area contributed by atoms with Gasteiger partial charge in [0.1, 0.15) is 12.2 Å². The molecule has 4 nitrogen and oxygen atoms in total. The zero-order valence-electron chi connectivity index (χ0n) is 15.4. The molecular formula is C22H26N4. The van der Waals surface area contributed by atoms with Crippen molar-refractivity contribution in [3.05, 3.63) is 83.4 Å². The number of benzene rings is 2. The third-order valence-electron chi connectivity index (χ3n) is 5.24. The van der Waals surface area contributed by atoms with Gasteiger partial charge in [-0.3, -0.25) is 4.90 Å². The molecule has 1 aliphatic rings. The molecule has 1 saturated heterocycles. The van der Waals surface area contributed by atoms with E-state index in [2.05, 4.69) is 81.2 Å². The van der Waals surface area contributed by atoms with E-state index < -0.39 is 0 Å². The summed E-state index contributed by atoms with van der Waals surface area (Å²) >= 11 is 0. The molecule has 4 heteroatoms. The van der Waals surface area contributed by atoms with Gasteiger partial charge in [0.15, 0.2) is 0 Å². The van der Waals surface area contributed by atoms with E-state index in [-0.39, 0.29) is 0 Å².